The van der Waals surface area contributed by atoms with E-state index in [1.165, 1.54) is 0 Å². The average Bonchev–Trinajstić information content (AvgIpc) is 2.17. The molecule has 1 aromatic rings. The standard InChI is InChI=1S/C10H14N2O/c1-7(10(11)13)8-3-5-9(12-2)6-4-8/h3-7,12H,1-2H3,(H2,11,13). The van der Waals surface area contributed by atoms with E-state index in [2.05, 4.69) is 5.32 Å². The van der Waals surface area contributed by atoms with Crippen molar-refractivity contribution in [2.24, 2.45) is 5.73 Å². The van der Waals surface area contributed by atoms with Crippen molar-refractivity contribution in [2.75, 3.05) is 12.4 Å². The fraction of sp³-hybridized carbons (Fsp3) is 0.300. The molecule has 1 rings (SSSR count). The summed E-state index contributed by atoms with van der Waals surface area (Å²) in [6.07, 6.45) is 0. The molecule has 0 fully saturated rings. The minimum absolute atomic E-state index is 0.217. The highest BCUT2D eigenvalue weighted by Crippen LogP contribution is 2.16. The number of hydrogen-bond donors (Lipinski definition) is 2. The van der Waals surface area contributed by atoms with Gasteiger partial charge in [-0.25, -0.2) is 0 Å². The number of rotatable bonds is 3. The van der Waals surface area contributed by atoms with Gasteiger partial charge in [0, 0.05) is 12.7 Å². The molecule has 0 bridgehead atoms. The monoisotopic (exact) mass is 178 g/mol. The molecule has 1 amide bonds. The van der Waals surface area contributed by atoms with E-state index in [0.29, 0.717) is 0 Å². The summed E-state index contributed by atoms with van der Waals surface area (Å²) >= 11 is 0. The first-order valence-corrected chi connectivity index (χ1v) is 4.22. The van der Waals surface area contributed by atoms with Gasteiger partial charge in [0.15, 0.2) is 0 Å². The van der Waals surface area contributed by atoms with Gasteiger partial charge in [-0.15, -0.1) is 0 Å². The van der Waals surface area contributed by atoms with Gasteiger partial charge >= 0.3 is 0 Å². The van der Waals surface area contributed by atoms with Gasteiger partial charge in [-0.2, -0.15) is 0 Å². The molecule has 13 heavy (non-hydrogen) atoms. The molecule has 0 spiro atoms. The molecule has 3 heteroatoms. The van der Waals surface area contributed by atoms with Crippen molar-refractivity contribution in [3.05, 3.63) is 29.8 Å². The van der Waals surface area contributed by atoms with Crippen LogP contribution >= 0.6 is 0 Å². The van der Waals surface area contributed by atoms with Gasteiger partial charge in [0.1, 0.15) is 0 Å². The van der Waals surface area contributed by atoms with E-state index in [1.54, 1.807) is 6.92 Å². The number of nitrogens with one attached hydrogen (secondary N) is 1. The van der Waals surface area contributed by atoms with Crippen molar-refractivity contribution in [1.82, 2.24) is 0 Å². The minimum Gasteiger partial charge on any atom is -0.388 e. The van der Waals surface area contributed by atoms with Gasteiger partial charge in [0.2, 0.25) is 5.91 Å². The fourth-order valence-corrected chi connectivity index (χ4v) is 1.10. The van der Waals surface area contributed by atoms with Crippen molar-refractivity contribution in [3.8, 4) is 0 Å². The highest BCUT2D eigenvalue weighted by molar-refractivity contribution is 5.81. The molecule has 0 saturated carbocycles. The van der Waals surface area contributed by atoms with E-state index in [0.717, 1.165) is 11.3 Å². The Morgan fingerprint density at radius 1 is 1.38 bits per heavy atom. The van der Waals surface area contributed by atoms with E-state index in [1.807, 2.05) is 31.3 Å². The Labute approximate surface area is 77.9 Å². The largest absolute Gasteiger partial charge is 0.388 e. The lowest BCUT2D eigenvalue weighted by Crippen LogP contribution is -2.18. The summed E-state index contributed by atoms with van der Waals surface area (Å²) in [6, 6.07) is 7.66. The number of hydrogen-bond acceptors (Lipinski definition) is 2. The minimum atomic E-state index is -0.294. The Morgan fingerprint density at radius 3 is 2.31 bits per heavy atom. The molecular formula is C10H14N2O. The Kier molecular flexibility index (Phi) is 2.90. The summed E-state index contributed by atoms with van der Waals surface area (Å²) in [6.45, 7) is 1.80. The van der Waals surface area contributed by atoms with Gasteiger partial charge in [-0.1, -0.05) is 12.1 Å². The quantitative estimate of drug-likeness (QED) is 0.733. The molecule has 1 aromatic carbocycles. The van der Waals surface area contributed by atoms with Crippen molar-refractivity contribution < 1.29 is 4.79 Å². The van der Waals surface area contributed by atoms with E-state index in [-0.39, 0.29) is 11.8 Å². The van der Waals surface area contributed by atoms with E-state index < -0.39 is 0 Å². The molecular weight excluding hydrogens is 164 g/mol. The molecule has 0 aliphatic rings. The summed E-state index contributed by atoms with van der Waals surface area (Å²) in [5.74, 6) is -0.511. The maximum absolute atomic E-state index is 10.9. The zero-order valence-corrected chi connectivity index (χ0v) is 7.87. The van der Waals surface area contributed by atoms with Gasteiger partial charge in [-0.05, 0) is 24.6 Å². The lowest BCUT2D eigenvalue weighted by atomic mass is 10.0. The van der Waals surface area contributed by atoms with Crippen molar-refractivity contribution in [3.63, 3.8) is 0 Å². The highest BCUT2D eigenvalue weighted by atomic mass is 16.1. The zero-order chi connectivity index (χ0) is 9.84. The molecule has 0 aliphatic heterocycles. The first kappa shape index (κ1) is 9.58. The van der Waals surface area contributed by atoms with E-state index in [9.17, 15) is 4.79 Å². The first-order chi connectivity index (χ1) is 6.15. The summed E-state index contributed by atoms with van der Waals surface area (Å²) in [7, 11) is 1.85. The number of benzene rings is 1. The third-order valence-corrected chi connectivity index (χ3v) is 2.13. The van der Waals surface area contributed by atoms with E-state index >= 15 is 0 Å². The SMILES string of the molecule is CNc1ccc(C(C)C(N)=O)cc1. The number of carbonyl (C=O) groups is 1. The third-order valence-electron chi connectivity index (χ3n) is 2.13. The average molecular weight is 178 g/mol. The Hall–Kier alpha value is -1.51. The predicted octanol–water partition coefficient (Wildman–Crippen LogP) is 1.32. The molecule has 1 atom stereocenters. The van der Waals surface area contributed by atoms with Crippen molar-refractivity contribution in [2.45, 2.75) is 12.8 Å². The highest BCUT2D eigenvalue weighted by Gasteiger charge is 2.10. The van der Waals surface area contributed by atoms with Gasteiger partial charge in [0.25, 0.3) is 0 Å². The van der Waals surface area contributed by atoms with Crippen LogP contribution in [0.1, 0.15) is 18.4 Å². The molecule has 3 nitrogen and oxygen atoms in total. The summed E-state index contributed by atoms with van der Waals surface area (Å²) in [5.41, 5.74) is 7.16. The molecule has 0 aromatic heterocycles. The second kappa shape index (κ2) is 3.94. The second-order valence-corrected chi connectivity index (χ2v) is 3.00. The maximum atomic E-state index is 10.9. The predicted molar refractivity (Wildman–Crippen MR) is 53.6 cm³/mol. The van der Waals surface area contributed by atoms with Crippen LogP contribution in [0, 0.1) is 0 Å². The Morgan fingerprint density at radius 2 is 1.92 bits per heavy atom. The number of amides is 1. The van der Waals surface area contributed by atoms with Crippen LogP contribution in [0.2, 0.25) is 0 Å². The van der Waals surface area contributed by atoms with Gasteiger partial charge < -0.3 is 11.1 Å². The van der Waals surface area contributed by atoms with Crippen molar-refractivity contribution >= 4 is 11.6 Å². The summed E-state index contributed by atoms with van der Waals surface area (Å²) in [4.78, 5) is 10.9. The normalized spacial score (nSPS) is 12.2. The second-order valence-electron chi connectivity index (χ2n) is 3.00. The molecule has 1 unspecified atom stereocenters. The fourth-order valence-electron chi connectivity index (χ4n) is 1.10. The zero-order valence-electron chi connectivity index (χ0n) is 7.87. The number of carbonyl (C=O) groups excluding carboxylic acids is 1. The molecule has 0 aliphatic carbocycles. The molecule has 70 valence electrons. The molecule has 0 heterocycles. The first-order valence-electron chi connectivity index (χ1n) is 4.22. The van der Waals surface area contributed by atoms with E-state index in [4.69, 9.17) is 5.73 Å². The molecule has 0 radical (unpaired) electrons. The lowest BCUT2D eigenvalue weighted by Gasteiger charge is -2.08. The molecule has 3 N–H and O–H groups in total. The maximum Gasteiger partial charge on any atom is 0.224 e. The topological polar surface area (TPSA) is 55.1 Å². The smallest absolute Gasteiger partial charge is 0.224 e. The summed E-state index contributed by atoms with van der Waals surface area (Å²) < 4.78 is 0. The van der Waals surface area contributed by atoms with Crippen LogP contribution in [0.5, 0.6) is 0 Å². The van der Waals surface area contributed by atoms with Gasteiger partial charge in [-0.3, -0.25) is 4.79 Å². The Balaban J connectivity index is 2.85. The molecule has 0 saturated heterocycles. The van der Waals surface area contributed by atoms with Crippen LogP contribution in [0.4, 0.5) is 5.69 Å². The number of primary amides is 1. The van der Waals surface area contributed by atoms with Crippen molar-refractivity contribution in [1.29, 1.82) is 0 Å². The Bertz CT molecular complexity index is 292. The van der Waals surface area contributed by atoms with Crippen LogP contribution in [-0.4, -0.2) is 13.0 Å². The van der Waals surface area contributed by atoms with Crippen LogP contribution in [-0.2, 0) is 4.79 Å². The van der Waals surface area contributed by atoms with Gasteiger partial charge in [0.05, 0.1) is 5.92 Å². The van der Waals surface area contributed by atoms with Crippen LogP contribution in [0.25, 0.3) is 0 Å². The lowest BCUT2D eigenvalue weighted by molar-refractivity contribution is -0.119. The van der Waals surface area contributed by atoms with Crippen LogP contribution in [0.3, 0.4) is 0 Å². The third kappa shape index (κ3) is 2.21. The van der Waals surface area contributed by atoms with Crippen LogP contribution in [0.15, 0.2) is 24.3 Å². The number of anilines is 1. The number of nitrogens with two attached hydrogens (primary N) is 1. The summed E-state index contributed by atoms with van der Waals surface area (Å²) in [5, 5.41) is 3.01. The van der Waals surface area contributed by atoms with Crippen LogP contribution < -0.4 is 11.1 Å².